The Bertz CT molecular complexity index is 463. The van der Waals surface area contributed by atoms with E-state index in [1.54, 1.807) is 13.1 Å². The van der Waals surface area contributed by atoms with Gasteiger partial charge < -0.3 is 10.6 Å². The molecule has 0 saturated carbocycles. The van der Waals surface area contributed by atoms with E-state index in [4.69, 9.17) is 0 Å². The zero-order valence-electron chi connectivity index (χ0n) is 9.28. The highest BCUT2D eigenvalue weighted by Gasteiger charge is 2.28. The Kier molecular flexibility index (Phi) is 4.83. The van der Waals surface area contributed by atoms with Gasteiger partial charge in [-0.05, 0) is 19.2 Å². The van der Waals surface area contributed by atoms with Crippen LogP contribution >= 0.6 is 0 Å². The van der Waals surface area contributed by atoms with Crippen molar-refractivity contribution >= 4 is 15.5 Å². The summed E-state index contributed by atoms with van der Waals surface area (Å²) in [5, 5.41) is 5.66. The molecule has 0 radical (unpaired) electrons. The average Bonchev–Trinajstić information content (AvgIpc) is 2.29. The first-order chi connectivity index (χ1) is 8.00. The quantitative estimate of drug-likeness (QED) is 0.761. The van der Waals surface area contributed by atoms with Crippen molar-refractivity contribution in [2.75, 3.05) is 25.5 Å². The molecule has 0 aliphatic carbocycles. The second-order valence-electron chi connectivity index (χ2n) is 3.33. The van der Waals surface area contributed by atoms with E-state index >= 15 is 0 Å². The number of alkyl halides is 2. The molecule has 0 aliphatic rings. The van der Waals surface area contributed by atoms with E-state index in [0.29, 0.717) is 13.1 Å². The van der Waals surface area contributed by atoms with Crippen LogP contribution in [0.15, 0.2) is 29.2 Å². The average molecular weight is 264 g/mol. The first kappa shape index (κ1) is 13.9. The van der Waals surface area contributed by atoms with Crippen molar-refractivity contribution in [3.63, 3.8) is 0 Å². The summed E-state index contributed by atoms with van der Waals surface area (Å²) in [4.78, 5) is -0.369. The number of likely N-dealkylation sites (N-methyl/N-ethyl adjacent to an activating group) is 1. The number of hydrogen-bond acceptors (Lipinski definition) is 4. The first-order valence-electron chi connectivity index (χ1n) is 4.99. The molecule has 0 heterocycles. The van der Waals surface area contributed by atoms with Crippen LogP contribution in [0.25, 0.3) is 0 Å². The smallest absolute Gasteiger partial charge is 0.341 e. The molecule has 0 fully saturated rings. The van der Waals surface area contributed by atoms with Gasteiger partial charge in [-0.3, -0.25) is 0 Å². The molecular formula is C10H14F2N2O2S. The number of benzene rings is 1. The summed E-state index contributed by atoms with van der Waals surface area (Å²) in [5.74, 6) is -3.41. The highest BCUT2D eigenvalue weighted by molar-refractivity contribution is 7.91. The van der Waals surface area contributed by atoms with Crippen molar-refractivity contribution in [3.05, 3.63) is 24.3 Å². The normalized spacial score (nSPS) is 11.8. The van der Waals surface area contributed by atoms with Crippen molar-refractivity contribution < 1.29 is 17.2 Å². The Morgan fingerprint density at radius 1 is 1.24 bits per heavy atom. The maximum absolute atomic E-state index is 12.4. The van der Waals surface area contributed by atoms with Crippen molar-refractivity contribution in [3.8, 4) is 0 Å². The van der Waals surface area contributed by atoms with Gasteiger partial charge in [-0.1, -0.05) is 12.1 Å². The van der Waals surface area contributed by atoms with Gasteiger partial charge in [0.15, 0.2) is 0 Å². The molecule has 4 nitrogen and oxygen atoms in total. The number of sulfone groups is 1. The zero-order valence-corrected chi connectivity index (χ0v) is 10.1. The van der Waals surface area contributed by atoms with Crippen LogP contribution in [-0.2, 0) is 9.84 Å². The molecule has 0 atom stereocenters. The maximum atomic E-state index is 12.4. The molecule has 1 aromatic carbocycles. The van der Waals surface area contributed by atoms with Crippen LogP contribution in [0.4, 0.5) is 14.5 Å². The van der Waals surface area contributed by atoms with E-state index in [1.807, 2.05) is 0 Å². The number of rotatable bonds is 6. The van der Waals surface area contributed by atoms with Gasteiger partial charge >= 0.3 is 5.76 Å². The summed E-state index contributed by atoms with van der Waals surface area (Å²) in [5.41, 5.74) is 0.197. The summed E-state index contributed by atoms with van der Waals surface area (Å²) in [7, 11) is -2.82. The SMILES string of the molecule is CNCCNc1ccccc1S(=O)(=O)C(F)F. The monoisotopic (exact) mass is 264 g/mol. The minimum atomic E-state index is -4.56. The number of para-hydroxylation sites is 1. The molecule has 0 bridgehead atoms. The molecule has 0 aromatic heterocycles. The molecule has 0 saturated heterocycles. The molecule has 17 heavy (non-hydrogen) atoms. The van der Waals surface area contributed by atoms with Crippen molar-refractivity contribution in [2.45, 2.75) is 10.7 Å². The van der Waals surface area contributed by atoms with Crippen LogP contribution in [-0.4, -0.2) is 34.3 Å². The largest absolute Gasteiger partial charge is 0.383 e. The highest BCUT2D eigenvalue weighted by Crippen LogP contribution is 2.25. The predicted octanol–water partition coefficient (Wildman–Crippen LogP) is 1.31. The predicted molar refractivity (Wildman–Crippen MR) is 62.0 cm³/mol. The number of nitrogens with one attached hydrogen (secondary N) is 2. The molecular weight excluding hydrogens is 250 g/mol. The third kappa shape index (κ3) is 3.37. The number of halogens is 2. The van der Waals surface area contributed by atoms with Gasteiger partial charge in [0.05, 0.1) is 10.6 Å². The van der Waals surface area contributed by atoms with E-state index in [2.05, 4.69) is 10.6 Å². The molecule has 1 rings (SSSR count). The fraction of sp³-hybridized carbons (Fsp3) is 0.400. The molecule has 0 spiro atoms. The Labute approximate surface area is 98.9 Å². The van der Waals surface area contributed by atoms with Crippen molar-refractivity contribution in [1.82, 2.24) is 5.32 Å². The zero-order chi connectivity index (χ0) is 12.9. The Balaban J connectivity index is 3.00. The fourth-order valence-corrected chi connectivity index (χ4v) is 2.19. The van der Waals surface area contributed by atoms with Crippen LogP contribution in [0.2, 0.25) is 0 Å². The Morgan fingerprint density at radius 3 is 2.47 bits per heavy atom. The molecule has 2 N–H and O–H groups in total. The summed E-state index contributed by atoms with van der Waals surface area (Å²) in [6.07, 6.45) is 0. The van der Waals surface area contributed by atoms with Gasteiger partial charge in [-0.2, -0.15) is 8.78 Å². The second kappa shape index (κ2) is 5.92. The van der Waals surface area contributed by atoms with E-state index in [-0.39, 0.29) is 10.6 Å². The van der Waals surface area contributed by atoms with Gasteiger partial charge in [0, 0.05) is 13.1 Å². The van der Waals surface area contributed by atoms with Gasteiger partial charge in [0.2, 0.25) is 9.84 Å². The van der Waals surface area contributed by atoms with Crippen molar-refractivity contribution in [1.29, 1.82) is 0 Å². The van der Waals surface area contributed by atoms with Gasteiger partial charge in [0.1, 0.15) is 0 Å². The lowest BCUT2D eigenvalue weighted by Gasteiger charge is -2.11. The lowest BCUT2D eigenvalue weighted by Crippen LogP contribution is -2.20. The van der Waals surface area contributed by atoms with Gasteiger partial charge in [0.25, 0.3) is 0 Å². The molecule has 1 aromatic rings. The number of anilines is 1. The van der Waals surface area contributed by atoms with Crippen LogP contribution < -0.4 is 10.6 Å². The third-order valence-corrected chi connectivity index (χ3v) is 3.56. The summed E-state index contributed by atoms with van der Waals surface area (Å²) >= 11 is 0. The summed E-state index contributed by atoms with van der Waals surface area (Å²) in [6.45, 7) is 1.05. The van der Waals surface area contributed by atoms with Crippen LogP contribution in [0.1, 0.15) is 0 Å². The Morgan fingerprint density at radius 2 is 1.88 bits per heavy atom. The minimum Gasteiger partial charge on any atom is -0.383 e. The fourth-order valence-electron chi connectivity index (χ4n) is 1.28. The van der Waals surface area contributed by atoms with Crippen LogP contribution in [0.3, 0.4) is 0 Å². The highest BCUT2D eigenvalue weighted by atomic mass is 32.2. The topological polar surface area (TPSA) is 58.2 Å². The van der Waals surface area contributed by atoms with E-state index in [1.165, 1.54) is 18.2 Å². The maximum Gasteiger partial charge on any atom is 0.341 e. The molecule has 7 heteroatoms. The number of hydrogen-bond donors (Lipinski definition) is 2. The van der Waals surface area contributed by atoms with Gasteiger partial charge in [-0.25, -0.2) is 8.42 Å². The molecule has 0 unspecified atom stereocenters. The summed E-state index contributed by atoms with van der Waals surface area (Å²) < 4.78 is 47.6. The lowest BCUT2D eigenvalue weighted by molar-refractivity contribution is 0.235. The minimum absolute atomic E-state index is 0.197. The van der Waals surface area contributed by atoms with E-state index < -0.39 is 15.6 Å². The lowest BCUT2D eigenvalue weighted by atomic mass is 10.3. The van der Waals surface area contributed by atoms with Crippen LogP contribution in [0.5, 0.6) is 0 Å². The molecule has 0 amide bonds. The molecule has 0 aliphatic heterocycles. The first-order valence-corrected chi connectivity index (χ1v) is 6.54. The van der Waals surface area contributed by atoms with E-state index in [9.17, 15) is 17.2 Å². The third-order valence-electron chi connectivity index (χ3n) is 2.12. The molecule has 96 valence electrons. The van der Waals surface area contributed by atoms with E-state index in [0.717, 1.165) is 0 Å². The second-order valence-corrected chi connectivity index (χ2v) is 5.22. The van der Waals surface area contributed by atoms with Crippen molar-refractivity contribution in [2.24, 2.45) is 0 Å². The Hall–Kier alpha value is -1.21. The standard InChI is InChI=1S/C10H14F2N2O2S/c1-13-6-7-14-8-4-2-3-5-9(8)17(15,16)10(11)12/h2-5,10,13-14H,6-7H2,1H3. The van der Waals surface area contributed by atoms with Crippen LogP contribution in [0, 0.1) is 0 Å². The van der Waals surface area contributed by atoms with Gasteiger partial charge in [-0.15, -0.1) is 0 Å². The summed E-state index contributed by atoms with van der Waals surface area (Å²) in [6, 6.07) is 5.64.